The van der Waals surface area contributed by atoms with Crippen molar-refractivity contribution in [3.05, 3.63) is 173 Å². The van der Waals surface area contributed by atoms with Gasteiger partial charge in [-0.25, -0.2) is 0 Å². The van der Waals surface area contributed by atoms with Crippen LogP contribution < -0.4 is 0 Å². The van der Waals surface area contributed by atoms with Crippen molar-refractivity contribution in [2.45, 2.75) is 112 Å². The Morgan fingerprint density at radius 1 is 0.525 bits per heavy atom. The van der Waals surface area contributed by atoms with Crippen LogP contribution in [0.25, 0.3) is 5.57 Å². The Labute approximate surface area is 390 Å². The molecule has 2 fully saturated rings. The second-order valence-corrected chi connectivity index (χ2v) is 21.2. The van der Waals surface area contributed by atoms with Gasteiger partial charge in [-0.15, -0.1) is 0 Å². The first-order valence-corrected chi connectivity index (χ1v) is 27.2. The van der Waals surface area contributed by atoms with Gasteiger partial charge in [-0.2, -0.15) is 26.3 Å². The summed E-state index contributed by atoms with van der Waals surface area (Å²) in [5.74, 6) is 4.40. The molecule has 0 heterocycles. The number of alkyl halides is 6. The molecule has 3 aliphatic rings. The average molecular weight is 1030 g/mol. The molecule has 2 saturated carbocycles. The van der Waals surface area contributed by atoms with Crippen molar-refractivity contribution in [3.8, 4) is 0 Å². The van der Waals surface area contributed by atoms with Crippen LogP contribution >= 0.6 is 33.0 Å². The van der Waals surface area contributed by atoms with Gasteiger partial charge in [0.15, 0.2) is 0 Å². The van der Waals surface area contributed by atoms with Gasteiger partial charge in [0, 0.05) is 4.47 Å². The van der Waals surface area contributed by atoms with E-state index in [1.165, 1.54) is 70.5 Å². The number of rotatable bonds is 3. The molecule has 0 nitrogen and oxygen atoms in total. The van der Waals surface area contributed by atoms with Crippen molar-refractivity contribution in [1.29, 1.82) is 0 Å². The third-order valence-electron chi connectivity index (χ3n) is 11.9. The third-order valence-corrected chi connectivity index (χ3v) is 12.5. The van der Waals surface area contributed by atoms with E-state index in [9.17, 15) is 26.3 Å². The summed E-state index contributed by atoms with van der Waals surface area (Å²) in [5, 5.41) is 0. The number of allylic oxidation sites excluding steroid dienone is 4. The molecule has 61 heavy (non-hydrogen) atoms. The molecule has 334 valence electrons. The molecule has 0 radical (unpaired) electrons. The van der Waals surface area contributed by atoms with Crippen molar-refractivity contribution in [3.63, 3.8) is 0 Å². The number of hydrogen-bond donors (Lipinski definition) is 0. The molecule has 0 spiro atoms. The first-order valence-electron chi connectivity index (χ1n) is 20.1. The summed E-state index contributed by atoms with van der Waals surface area (Å²) in [6.45, 7) is 17.9. The SMILES string of the molecule is CC1=C(C)CC(c2ccc(C)cc2)=C1.CC1CC(c2ccc(C(F)(F)F)cc2)CC1C.Cc1ccc(C2CC(C)C(C)C2)cc1.FC(F)(F)c1ccc(Br)cc1.[CH3-].[CH3-].[Cl][Zr+2][Cl]. The van der Waals surface area contributed by atoms with E-state index in [4.69, 9.17) is 17.0 Å². The summed E-state index contributed by atoms with van der Waals surface area (Å²) in [7, 11) is 9.87. The zero-order valence-electron chi connectivity index (χ0n) is 37.2. The zero-order valence-corrected chi connectivity index (χ0v) is 42.8. The van der Waals surface area contributed by atoms with Crippen molar-refractivity contribution in [2.24, 2.45) is 23.7 Å². The molecule has 0 saturated heterocycles. The normalized spacial score (nSPS) is 21.6. The number of aryl methyl sites for hydroxylation is 2. The van der Waals surface area contributed by atoms with Crippen LogP contribution in [0.1, 0.15) is 124 Å². The quantitative estimate of drug-likeness (QED) is 0.142. The molecule has 10 heteroatoms. The second kappa shape index (κ2) is 26.6. The Kier molecular flexibility index (Phi) is 24.8. The summed E-state index contributed by atoms with van der Waals surface area (Å²) in [4.78, 5) is 0. The van der Waals surface area contributed by atoms with Crippen molar-refractivity contribution in [1.82, 2.24) is 0 Å². The molecule has 0 aromatic heterocycles. The predicted octanol–water partition coefficient (Wildman–Crippen LogP) is 18.9. The van der Waals surface area contributed by atoms with Crippen LogP contribution in [0.15, 0.2) is 119 Å². The molecule has 0 amide bonds. The van der Waals surface area contributed by atoms with Crippen LogP contribution in [-0.2, 0) is 33.2 Å². The summed E-state index contributed by atoms with van der Waals surface area (Å²) >= 11 is 2.22. The number of benzene rings is 4. The van der Waals surface area contributed by atoms with E-state index in [2.05, 4.69) is 126 Å². The molecular weight excluding hydrogens is 969 g/mol. The van der Waals surface area contributed by atoms with Crippen LogP contribution in [0.3, 0.4) is 0 Å². The van der Waals surface area contributed by atoms with E-state index in [1.54, 1.807) is 17.7 Å². The molecule has 3 aliphatic carbocycles. The Balaban J connectivity index is 0.000000397. The van der Waals surface area contributed by atoms with Gasteiger partial charge in [-0.1, -0.05) is 133 Å². The van der Waals surface area contributed by atoms with E-state index in [0.29, 0.717) is 22.2 Å². The van der Waals surface area contributed by atoms with E-state index >= 15 is 0 Å². The Morgan fingerprint density at radius 2 is 0.836 bits per heavy atom. The van der Waals surface area contributed by atoms with Crippen molar-refractivity contribution in [2.75, 3.05) is 0 Å². The van der Waals surface area contributed by atoms with Crippen molar-refractivity contribution < 1.29 is 47.2 Å². The monoisotopic (exact) mass is 1030 g/mol. The molecule has 4 atom stereocenters. The van der Waals surface area contributed by atoms with Gasteiger partial charge in [0.1, 0.15) is 0 Å². The minimum absolute atomic E-state index is 0. The van der Waals surface area contributed by atoms with Gasteiger partial charge in [-0.05, 0) is 154 Å². The first-order chi connectivity index (χ1) is 27.6. The van der Waals surface area contributed by atoms with Gasteiger partial charge < -0.3 is 14.9 Å². The average Bonchev–Trinajstić information content (AvgIpc) is 3.83. The topological polar surface area (TPSA) is 0 Å². The fourth-order valence-electron chi connectivity index (χ4n) is 7.70. The molecule has 0 aliphatic heterocycles. The summed E-state index contributed by atoms with van der Waals surface area (Å²) in [6, 6.07) is 28.3. The molecule has 4 unspecified atom stereocenters. The standard InChI is InChI=1S/C14H17F3.C14H20.C14H16.C7H4BrF3.2CH3.2ClH.Zr/c1-9-7-12(8-10(9)2)11-3-5-13(6-4-11)14(15,16)17;2*1-10-4-6-13(7-5-10)14-8-11(2)12(3)9-14;8-6-3-1-5(2-4-6)7(9,10)11;;;;;/h3-6,9-10,12H,7-8H2,1-2H3;4-7,11-12,14H,8-9H2,1-3H3;4-8H,9H2,1-3H3;1-4H;2*1H3;2*1H;/q;;;;2*-1;;;+4/p-2. The third kappa shape index (κ3) is 18.9. The fraction of sp³-hybridized carbons (Fsp3) is 0.412. The minimum atomic E-state index is -4.24. The summed E-state index contributed by atoms with van der Waals surface area (Å²) < 4.78 is 73.6. The Bertz CT molecular complexity index is 1900. The number of hydrogen-bond acceptors (Lipinski definition) is 0. The van der Waals surface area contributed by atoms with Crippen LogP contribution in [-0.4, -0.2) is 0 Å². The van der Waals surface area contributed by atoms with Crippen LogP contribution in [0.2, 0.25) is 0 Å². The number of halogens is 9. The maximum atomic E-state index is 12.4. The van der Waals surface area contributed by atoms with Crippen LogP contribution in [0.5, 0.6) is 0 Å². The second-order valence-electron chi connectivity index (χ2n) is 16.5. The van der Waals surface area contributed by atoms with Gasteiger partial charge in [0.25, 0.3) is 0 Å². The van der Waals surface area contributed by atoms with Crippen LogP contribution in [0.4, 0.5) is 26.3 Å². The first kappa shape index (κ1) is 56.9. The molecule has 7 rings (SSSR count). The molecule has 0 bridgehead atoms. The van der Waals surface area contributed by atoms with Crippen LogP contribution in [0, 0.1) is 52.4 Å². The fourth-order valence-corrected chi connectivity index (χ4v) is 7.96. The van der Waals surface area contributed by atoms with Gasteiger partial charge >= 0.3 is 50.2 Å². The van der Waals surface area contributed by atoms with Gasteiger partial charge in [-0.3, -0.25) is 0 Å². The molecular formula is C51H63BrCl2F6Zr. The Hall–Kier alpha value is -2.12. The molecule has 0 N–H and O–H groups in total. The molecule has 4 aromatic carbocycles. The van der Waals surface area contributed by atoms with E-state index in [1.807, 2.05) is 0 Å². The summed E-state index contributed by atoms with van der Waals surface area (Å²) in [6.07, 6.45) is -0.0993. The summed E-state index contributed by atoms with van der Waals surface area (Å²) in [5.41, 5.74) is 9.87. The van der Waals surface area contributed by atoms with E-state index in [0.717, 1.165) is 54.7 Å². The van der Waals surface area contributed by atoms with Crippen molar-refractivity contribution >= 4 is 38.5 Å². The zero-order chi connectivity index (χ0) is 44.1. The van der Waals surface area contributed by atoms with Gasteiger partial charge in [0.2, 0.25) is 0 Å². The Morgan fingerprint density at radius 3 is 1.15 bits per heavy atom. The molecule has 4 aromatic rings. The van der Waals surface area contributed by atoms with E-state index < -0.39 is 44.3 Å². The maximum absolute atomic E-state index is 12.4. The predicted molar refractivity (Wildman–Crippen MR) is 249 cm³/mol. The van der Waals surface area contributed by atoms with E-state index in [-0.39, 0.29) is 14.9 Å². The van der Waals surface area contributed by atoms with Gasteiger partial charge in [0.05, 0.1) is 11.1 Å².